The van der Waals surface area contributed by atoms with Crippen LogP contribution >= 0.6 is 0 Å². The van der Waals surface area contributed by atoms with Gasteiger partial charge in [0.05, 0.1) is 6.10 Å². The molecule has 2 bridgehead atoms. The van der Waals surface area contributed by atoms with Gasteiger partial charge in [0.2, 0.25) is 0 Å². The maximum absolute atomic E-state index is 9.84. The number of aliphatic hydroxyl groups excluding tert-OH is 1. The van der Waals surface area contributed by atoms with Crippen LogP contribution in [0.2, 0.25) is 0 Å². The average molecular weight is 247 g/mol. The normalized spacial score (nSPS) is 30.8. The standard InChI is InChI=1S/C14H21N3O/c1-9-4-10(7-15)8-16-14(9)17-11-2-3-12(17)6-13(18)5-11/h4,8,11-13,18H,2-3,5-7,15H2,1H3. The molecule has 1 aromatic rings. The van der Waals surface area contributed by atoms with Gasteiger partial charge in [-0.05, 0) is 49.8 Å². The van der Waals surface area contributed by atoms with E-state index in [0.29, 0.717) is 18.6 Å². The van der Waals surface area contributed by atoms with E-state index in [4.69, 9.17) is 5.73 Å². The molecule has 2 saturated heterocycles. The van der Waals surface area contributed by atoms with Gasteiger partial charge in [-0.2, -0.15) is 0 Å². The number of nitrogens with zero attached hydrogens (tertiary/aromatic N) is 2. The molecule has 0 amide bonds. The van der Waals surface area contributed by atoms with Crippen molar-refractivity contribution in [1.29, 1.82) is 0 Å². The number of pyridine rings is 1. The van der Waals surface area contributed by atoms with Crippen molar-refractivity contribution in [3.8, 4) is 0 Å². The number of aryl methyl sites for hydroxylation is 1. The first-order valence-corrected chi connectivity index (χ1v) is 6.81. The summed E-state index contributed by atoms with van der Waals surface area (Å²) in [6.45, 7) is 2.64. The SMILES string of the molecule is Cc1cc(CN)cnc1N1C2CCC1CC(O)C2. The predicted molar refractivity (Wildman–Crippen MR) is 71.4 cm³/mol. The van der Waals surface area contributed by atoms with Crippen LogP contribution in [0.5, 0.6) is 0 Å². The third kappa shape index (κ3) is 1.89. The fraction of sp³-hybridized carbons (Fsp3) is 0.643. The Morgan fingerprint density at radius 2 is 2.06 bits per heavy atom. The minimum atomic E-state index is -0.123. The zero-order valence-electron chi connectivity index (χ0n) is 10.8. The van der Waals surface area contributed by atoms with Gasteiger partial charge in [0, 0.05) is 24.8 Å². The molecule has 0 spiro atoms. The third-order valence-corrected chi connectivity index (χ3v) is 4.30. The van der Waals surface area contributed by atoms with Crippen molar-refractivity contribution in [3.63, 3.8) is 0 Å². The average Bonchev–Trinajstić information content (AvgIpc) is 2.61. The van der Waals surface area contributed by atoms with E-state index < -0.39 is 0 Å². The molecule has 0 aromatic carbocycles. The number of aliphatic hydroxyl groups is 1. The molecule has 1 aromatic heterocycles. The van der Waals surface area contributed by atoms with E-state index in [1.54, 1.807) is 0 Å². The monoisotopic (exact) mass is 247 g/mol. The first kappa shape index (κ1) is 11.9. The van der Waals surface area contributed by atoms with Crippen LogP contribution in [-0.4, -0.2) is 28.3 Å². The summed E-state index contributed by atoms with van der Waals surface area (Å²) < 4.78 is 0. The van der Waals surface area contributed by atoms with Crippen LogP contribution in [0, 0.1) is 6.92 Å². The lowest BCUT2D eigenvalue weighted by Crippen LogP contribution is -2.45. The first-order chi connectivity index (χ1) is 8.69. The molecule has 2 atom stereocenters. The summed E-state index contributed by atoms with van der Waals surface area (Å²) in [7, 11) is 0. The Kier molecular flexibility index (Phi) is 2.99. The smallest absolute Gasteiger partial charge is 0.131 e. The maximum Gasteiger partial charge on any atom is 0.131 e. The summed E-state index contributed by atoms with van der Waals surface area (Å²) in [5.41, 5.74) is 7.93. The van der Waals surface area contributed by atoms with E-state index in [-0.39, 0.29) is 6.10 Å². The topological polar surface area (TPSA) is 62.4 Å². The zero-order chi connectivity index (χ0) is 12.7. The van der Waals surface area contributed by atoms with Gasteiger partial charge in [-0.25, -0.2) is 4.98 Å². The summed E-state index contributed by atoms with van der Waals surface area (Å²) >= 11 is 0. The largest absolute Gasteiger partial charge is 0.393 e. The van der Waals surface area contributed by atoms with Crippen molar-refractivity contribution in [2.75, 3.05) is 4.90 Å². The van der Waals surface area contributed by atoms with Gasteiger partial charge in [0.1, 0.15) is 5.82 Å². The van der Waals surface area contributed by atoms with Crippen molar-refractivity contribution in [3.05, 3.63) is 23.4 Å². The van der Waals surface area contributed by atoms with Crippen molar-refractivity contribution >= 4 is 5.82 Å². The van der Waals surface area contributed by atoms with Gasteiger partial charge < -0.3 is 15.7 Å². The summed E-state index contributed by atoms with van der Waals surface area (Å²) in [6, 6.07) is 3.06. The van der Waals surface area contributed by atoms with Crippen LogP contribution in [0.1, 0.15) is 36.8 Å². The van der Waals surface area contributed by atoms with Gasteiger partial charge >= 0.3 is 0 Å². The molecule has 2 unspecified atom stereocenters. The molecule has 2 fully saturated rings. The summed E-state index contributed by atoms with van der Waals surface area (Å²) in [4.78, 5) is 7.04. The molecule has 0 aliphatic carbocycles. The Morgan fingerprint density at radius 3 is 2.61 bits per heavy atom. The van der Waals surface area contributed by atoms with Gasteiger partial charge in [-0.15, -0.1) is 0 Å². The molecule has 3 N–H and O–H groups in total. The van der Waals surface area contributed by atoms with Crippen LogP contribution in [0.25, 0.3) is 0 Å². The van der Waals surface area contributed by atoms with Crippen LogP contribution in [0.4, 0.5) is 5.82 Å². The van der Waals surface area contributed by atoms with E-state index >= 15 is 0 Å². The van der Waals surface area contributed by atoms with E-state index in [2.05, 4.69) is 22.9 Å². The van der Waals surface area contributed by atoms with Crippen LogP contribution in [0.15, 0.2) is 12.3 Å². The highest BCUT2D eigenvalue weighted by Gasteiger charge is 2.41. The fourth-order valence-corrected chi connectivity index (χ4v) is 3.50. The Bertz CT molecular complexity index is 435. The Labute approximate surface area is 108 Å². The highest BCUT2D eigenvalue weighted by Crippen LogP contribution is 2.39. The fourth-order valence-electron chi connectivity index (χ4n) is 3.50. The molecule has 98 valence electrons. The number of aromatic nitrogens is 1. The quantitative estimate of drug-likeness (QED) is 0.828. The molecule has 18 heavy (non-hydrogen) atoms. The molecule has 4 nitrogen and oxygen atoms in total. The number of fused-ring (bicyclic) bond motifs is 2. The lowest BCUT2D eigenvalue weighted by Gasteiger charge is -2.38. The van der Waals surface area contributed by atoms with E-state index in [9.17, 15) is 5.11 Å². The minimum absolute atomic E-state index is 0.123. The van der Waals surface area contributed by atoms with Crippen molar-refractivity contribution in [2.45, 2.75) is 57.3 Å². The number of rotatable bonds is 2. The number of anilines is 1. The van der Waals surface area contributed by atoms with E-state index in [1.807, 2.05) is 6.20 Å². The molecule has 0 radical (unpaired) electrons. The molecule has 3 heterocycles. The van der Waals surface area contributed by atoms with Crippen LogP contribution in [-0.2, 0) is 6.54 Å². The number of hydrogen-bond acceptors (Lipinski definition) is 4. The zero-order valence-corrected chi connectivity index (χ0v) is 10.8. The Balaban J connectivity index is 1.91. The van der Waals surface area contributed by atoms with Crippen LogP contribution in [0.3, 0.4) is 0 Å². The van der Waals surface area contributed by atoms with E-state index in [0.717, 1.165) is 24.2 Å². The predicted octanol–water partition coefficient (Wildman–Crippen LogP) is 1.34. The Morgan fingerprint density at radius 1 is 1.39 bits per heavy atom. The molecule has 3 rings (SSSR count). The molecular weight excluding hydrogens is 226 g/mol. The molecule has 0 saturated carbocycles. The number of piperidine rings is 1. The maximum atomic E-state index is 9.84. The Hall–Kier alpha value is -1.13. The van der Waals surface area contributed by atoms with Gasteiger partial charge in [0.15, 0.2) is 0 Å². The van der Waals surface area contributed by atoms with Crippen LogP contribution < -0.4 is 10.6 Å². The highest BCUT2D eigenvalue weighted by atomic mass is 16.3. The lowest BCUT2D eigenvalue weighted by molar-refractivity contribution is 0.126. The number of nitrogens with two attached hydrogens (primary N) is 1. The first-order valence-electron chi connectivity index (χ1n) is 6.81. The highest BCUT2D eigenvalue weighted by molar-refractivity contribution is 5.51. The van der Waals surface area contributed by atoms with E-state index in [1.165, 1.54) is 18.4 Å². The third-order valence-electron chi connectivity index (χ3n) is 4.30. The van der Waals surface area contributed by atoms with Crippen molar-refractivity contribution in [2.24, 2.45) is 5.73 Å². The second kappa shape index (κ2) is 4.52. The lowest BCUT2D eigenvalue weighted by atomic mass is 9.99. The van der Waals surface area contributed by atoms with Gasteiger partial charge in [-0.1, -0.05) is 0 Å². The van der Waals surface area contributed by atoms with Gasteiger partial charge in [0.25, 0.3) is 0 Å². The van der Waals surface area contributed by atoms with Crippen molar-refractivity contribution in [1.82, 2.24) is 4.98 Å². The minimum Gasteiger partial charge on any atom is -0.393 e. The van der Waals surface area contributed by atoms with Gasteiger partial charge in [-0.3, -0.25) is 0 Å². The molecule has 4 heteroatoms. The molecule has 2 aliphatic heterocycles. The van der Waals surface area contributed by atoms with Crippen molar-refractivity contribution < 1.29 is 5.11 Å². The summed E-state index contributed by atoms with van der Waals surface area (Å²) in [5.74, 6) is 1.09. The second-order valence-electron chi connectivity index (χ2n) is 5.61. The summed E-state index contributed by atoms with van der Waals surface area (Å²) in [6.07, 6.45) is 5.89. The molecular formula is C14H21N3O. The molecule has 2 aliphatic rings. The summed E-state index contributed by atoms with van der Waals surface area (Å²) in [5, 5.41) is 9.84. The second-order valence-corrected chi connectivity index (χ2v) is 5.61. The number of hydrogen-bond donors (Lipinski definition) is 2.